The third-order valence-corrected chi connectivity index (χ3v) is 2.46. The Balaban J connectivity index is 2.21. The molecule has 0 amide bonds. The van der Waals surface area contributed by atoms with Crippen LogP contribution in [0.15, 0.2) is 24.3 Å². The lowest BCUT2D eigenvalue weighted by Gasteiger charge is -2.10. The minimum Gasteiger partial charge on any atom is -0.497 e. The Hall–Kier alpha value is -1.10. The highest BCUT2D eigenvalue weighted by Crippen LogP contribution is 2.11. The first-order valence-corrected chi connectivity index (χ1v) is 5.55. The van der Waals surface area contributed by atoms with Crippen LogP contribution in [0.3, 0.4) is 0 Å². The topological polar surface area (TPSA) is 73.3 Å². The van der Waals surface area contributed by atoms with Crippen molar-refractivity contribution >= 4 is 0 Å². The van der Waals surface area contributed by atoms with Crippen molar-refractivity contribution in [2.45, 2.75) is 12.5 Å². The van der Waals surface area contributed by atoms with E-state index in [4.69, 9.17) is 16.2 Å². The number of hydrogen-bond acceptors (Lipinski definition) is 4. The van der Waals surface area contributed by atoms with Gasteiger partial charge in [-0.1, -0.05) is 12.1 Å². The van der Waals surface area contributed by atoms with E-state index in [0.717, 1.165) is 25.3 Å². The number of benzene rings is 1. The summed E-state index contributed by atoms with van der Waals surface area (Å²) in [7, 11) is 1.67. The van der Waals surface area contributed by atoms with Crippen LogP contribution >= 0.6 is 0 Å². The van der Waals surface area contributed by atoms with Gasteiger partial charge in [-0.15, -0.1) is 0 Å². The fourth-order valence-electron chi connectivity index (χ4n) is 1.40. The van der Waals surface area contributed by atoms with E-state index in [0.29, 0.717) is 6.54 Å². The fraction of sp³-hybridized carbons (Fsp3) is 0.500. The number of rotatable bonds is 7. The van der Waals surface area contributed by atoms with Crippen LogP contribution < -0.4 is 21.5 Å². The molecule has 1 atom stereocenters. The Morgan fingerprint density at radius 2 is 2.00 bits per heavy atom. The predicted molar refractivity (Wildman–Crippen MR) is 66.6 cm³/mol. The Kier molecular flexibility index (Phi) is 5.85. The van der Waals surface area contributed by atoms with Gasteiger partial charge in [-0.05, 0) is 30.7 Å². The second-order valence-electron chi connectivity index (χ2n) is 3.80. The maximum absolute atomic E-state index is 5.69. The quantitative estimate of drug-likeness (QED) is 0.574. The molecule has 0 spiro atoms. The molecule has 4 heteroatoms. The second-order valence-corrected chi connectivity index (χ2v) is 3.80. The fourth-order valence-corrected chi connectivity index (χ4v) is 1.40. The summed E-state index contributed by atoms with van der Waals surface area (Å²) in [5, 5.41) is 3.28. The van der Waals surface area contributed by atoms with Crippen LogP contribution in [0.25, 0.3) is 0 Å². The van der Waals surface area contributed by atoms with Gasteiger partial charge in [0.15, 0.2) is 0 Å². The van der Waals surface area contributed by atoms with Crippen LogP contribution in [0.4, 0.5) is 0 Å². The summed E-state index contributed by atoms with van der Waals surface area (Å²) >= 11 is 0. The van der Waals surface area contributed by atoms with E-state index in [-0.39, 0.29) is 6.04 Å². The van der Waals surface area contributed by atoms with Gasteiger partial charge < -0.3 is 21.5 Å². The average Bonchev–Trinajstić information content (AvgIpc) is 2.35. The van der Waals surface area contributed by atoms with Crippen LogP contribution in [0.2, 0.25) is 0 Å². The zero-order valence-corrected chi connectivity index (χ0v) is 9.78. The van der Waals surface area contributed by atoms with Crippen molar-refractivity contribution < 1.29 is 4.74 Å². The molecule has 0 saturated heterocycles. The normalized spacial score (nSPS) is 12.4. The molecule has 4 nitrogen and oxygen atoms in total. The van der Waals surface area contributed by atoms with Crippen molar-refractivity contribution in [3.8, 4) is 5.75 Å². The van der Waals surface area contributed by atoms with Crippen molar-refractivity contribution in [2.24, 2.45) is 11.5 Å². The van der Waals surface area contributed by atoms with Gasteiger partial charge in [0, 0.05) is 19.1 Å². The predicted octanol–water partition coefficient (Wildman–Crippen LogP) is 0.113. The average molecular weight is 223 g/mol. The van der Waals surface area contributed by atoms with Gasteiger partial charge in [0.05, 0.1) is 7.11 Å². The summed E-state index contributed by atoms with van der Waals surface area (Å²) in [5.74, 6) is 0.891. The van der Waals surface area contributed by atoms with Crippen LogP contribution in [-0.2, 0) is 6.42 Å². The van der Waals surface area contributed by atoms with Gasteiger partial charge in [-0.2, -0.15) is 0 Å². The van der Waals surface area contributed by atoms with Gasteiger partial charge in [0.25, 0.3) is 0 Å². The number of nitrogens with two attached hydrogens (primary N) is 2. The number of hydrogen-bond donors (Lipinski definition) is 3. The van der Waals surface area contributed by atoms with E-state index in [9.17, 15) is 0 Å². The van der Waals surface area contributed by atoms with E-state index in [1.165, 1.54) is 5.56 Å². The van der Waals surface area contributed by atoms with E-state index < -0.39 is 0 Å². The van der Waals surface area contributed by atoms with Crippen molar-refractivity contribution in [3.63, 3.8) is 0 Å². The lowest BCUT2D eigenvalue weighted by molar-refractivity contribution is 0.414. The molecule has 0 aliphatic carbocycles. The molecule has 0 saturated carbocycles. The minimum atomic E-state index is 0.0517. The molecule has 1 unspecified atom stereocenters. The minimum absolute atomic E-state index is 0.0517. The van der Waals surface area contributed by atoms with E-state index >= 15 is 0 Å². The van der Waals surface area contributed by atoms with E-state index in [1.54, 1.807) is 7.11 Å². The summed E-state index contributed by atoms with van der Waals surface area (Å²) < 4.78 is 5.09. The lowest BCUT2D eigenvalue weighted by Crippen LogP contribution is -2.40. The zero-order chi connectivity index (χ0) is 11.8. The molecular weight excluding hydrogens is 202 g/mol. The van der Waals surface area contributed by atoms with E-state index in [1.807, 2.05) is 12.1 Å². The second kappa shape index (κ2) is 7.22. The van der Waals surface area contributed by atoms with Gasteiger partial charge >= 0.3 is 0 Å². The first-order valence-electron chi connectivity index (χ1n) is 5.55. The van der Waals surface area contributed by atoms with Gasteiger partial charge in [-0.3, -0.25) is 0 Å². The van der Waals surface area contributed by atoms with Crippen LogP contribution in [-0.4, -0.2) is 32.8 Å². The molecule has 1 aromatic carbocycles. The monoisotopic (exact) mass is 223 g/mol. The standard InChI is InChI=1S/C12H21N3O/c1-16-12-4-2-10(3-5-12)6-7-15-9-11(14)8-13/h2-5,11,15H,6-9,13-14H2,1H3. The molecule has 5 N–H and O–H groups in total. The smallest absolute Gasteiger partial charge is 0.118 e. The molecule has 0 aliphatic rings. The first kappa shape index (κ1) is 13.0. The van der Waals surface area contributed by atoms with Crippen molar-refractivity contribution in [2.75, 3.05) is 26.7 Å². The highest BCUT2D eigenvalue weighted by Gasteiger charge is 1.98. The number of methoxy groups -OCH3 is 1. The Bertz CT molecular complexity index is 287. The highest BCUT2D eigenvalue weighted by molar-refractivity contribution is 5.27. The molecule has 16 heavy (non-hydrogen) atoms. The summed E-state index contributed by atoms with van der Waals surface area (Å²) in [6.07, 6.45) is 0.987. The molecule has 0 heterocycles. The molecule has 90 valence electrons. The largest absolute Gasteiger partial charge is 0.497 e. The van der Waals surface area contributed by atoms with Gasteiger partial charge in [0.2, 0.25) is 0 Å². The molecule has 1 aromatic rings. The molecular formula is C12H21N3O. The molecule has 0 aromatic heterocycles. The summed E-state index contributed by atoms with van der Waals surface area (Å²) in [5.41, 5.74) is 12.4. The number of ether oxygens (including phenoxy) is 1. The third kappa shape index (κ3) is 4.61. The molecule has 0 radical (unpaired) electrons. The van der Waals surface area contributed by atoms with Crippen LogP contribution in [0, 0.1) is 0 Å². The van der Waals surface area contributed by atoms with Gasteiger partial charge in [-0.25, -0.2) is 0 Å². The SMILES string of the molecule is COc1ccc(CCNCC(N)CN)cc1. The Morgan fingerprint density at radius 3 is 2.56 bits per heavy atom. The molecule has 0 bridgehead atoms. The highest BCUT2D eigenvalue weighted by atomic mass is 16.5. The first-order chi connectivity index (χ1) is 7.76. The van der Waals surface area contributed by atoms with Crippen molar-refractivity contribution in [1.82, 2.24) is 5.32 Å². The number of nitrogens with one attached hydrogen (secondary N) is 1. The third-order valence-electron chi connectivity index (χ3n) is 2.46. The zero-order valence-electron chi connectivity index (χ0n) is 9.78. The Morgan fingerprint density at radius 1 is 1.31 bits per heavy atom. The molecule has 0 aliphatic heterocycles. The molecule has 0 fully saturated rings. The van der Waals surface area contributed by atoms with Gasteiger partial charge in [0.1, 0.15) is 5.75 Å². The summed E-state index contributed by atoms with van der Waals surface area (Å²) in [6, 6.07) is 8.14. The van der Waals surface area contributed by atoms with Crippen LogP contribution in [0.1, 0.15) is 5.56 Å². The maximum atomic E-state index is 5.69. The summed E-state index contributed by atoms with van der Waals surface area (Å²) in [6.45, 7) is 2.21. The van der Waals surface area contributed by atoms with Crippen molar-refractivity contribution in [1.29, 1.82) is 0 Å². The molecule has 1 rings (SSSR count). The van der Waals surface area contributed by atoms with E-state index in [2.05, 4.69) is 17.4 Å². The van der Waals surface area contributed by atoms with Crippen LogP contribution in [0.5, 0.6) is 5.75 Å². The Labute approximate surface area is 97.0 Å². The van der Waals surface area contributed by atoms with Crippen molar-refractivity contribution in [3.05, 3.63) is 29.8 Å². The summed E-state index contributed by atoms with van der Waals surface area (Å²) in [4.78, 5) is 0. The lowest BCUT2D eigenvalue weighted by atomic mass is 10.1. The maximum Gasteiger partial charge on any atom is 0.118 e.